The summed E-state index contributed by atoms with van der Waals surface area (Å²) in [5.41, 5.74) is 2.63. The summed E-state index contributed by atoms with van der Waals surface area (Å²) in [6.07, 6.45) is -0.114. The number of amides is 2. The number of hydrogen-bond donors (Lipinski definition) is 3. The summed E-state index contributed by atoms with van der Waals surface area (Å²) < 4.78 is 0. The van der Waals surface area contributed by atoms with E-state index in [0.29, 0.717) is 11.5 Å². The quantitative estimate of drug-likeness (QED) is 0.204. The third kappa shape index (κ3) is 7.61. The van der Waals surface area contributed by atoms with E-state index >= 15 is 0 Å². The van der Waals surface area contributed by atoms with Gasteiger partial charge in [0, 0.05) is 46.9 Å². The molecule has 0 aliphatic carbocycles. The smallest absolute Gasteiger partial charge is 0.243 e. The first-order chi connectivity index (χ1) is 11.4. The normalized spacial score (nSPS) is 12.3. The Bertz CT molecular complexity index is 572. The van der Waals surface area contributed by atoms with Gasteiger partial charge in [0.15, 0.2) is 0 Å². The zero-order valence-electron chi connectivity index (χ0n) is 14.4. The second kappa shape index (κ2) is 12.1. The van der Waals surface area contributed by atoms with Crippen molar-refractivity contribution in [2.24, 2.45) is 0 Å². The molecule has 139 valence electrons. The van der Waals surface area contributed by atoms with Gasteiger partial charge in [-0.25, -0.2) is 5.48 Å². The van der Waals surface area contributed by atoms with Gasteiger partial charge in [-0.2, -0.15) is 0 Å². The number of carbonyl (C=O) groups is 2. The van der Waals surface area contributed by atoms with Gasteiger partial charge < -0.3 is 17.1 Å². The van der Waals surface area contributed by atoms with Crippen molar-refractivity contribution >= 4 is 29.0 Å². The van der Waals surface area contributed by atoms with Crippen molar-refractivity contribution in [3.63, 3.8) is 0 Å². The van der Waals surface area contributed by atoms with Crippen molar-refractivity contribution in [3.8, 4) is 0 Å². The minimum atomic E-state index is -0.601. The summed E-state index contributed by atoms with van der Waals surface area (Å²) in [5, 5.41) is 11.4. The van der Waals surface area contributed by atoms with E-state index < -0.39 is 11.9 Å². The molecular formula is C17H24N3O3ReS-. The fourth-order valence-electron chi connectivity index (χ4n) is 2.31. The topological polar surface area (TPSA) is 81.7 Å². The number of rotatable bonds is 8. The predicted molar refractivity (Wildman–Crippen MR) is 96.5 cm³/mol. The Morgan fingerprint density at radius 1 is 1.28 bits per heavy atom. The number of hydroxylamine groups is 1. The Balaban J connectivity index is 0.00000576. The molecule has 1 rings (SSSR count). The molecule has 2 atom stereocenters. The number of nitrogens with one attached hydrogen (secondary N) is 2. The molecule has 1 aromatic rings. The number of hydrogen-bond acceptors (Lipinski definition) is 4. The third-order valence-electron chi connectivity index (χ3n) is 3.78. The van der Waals surface area contributed by atoms with Crippen molar-refractivity contribution in [1.82, 2.24) is 15.7 Å². The summed E-state index contributed by atoms with van der Waals surface area (Å²) in [7, 11) is 1.68. The fraction of sp³-hybridized carbons (Fsp3) is 0.412. The van der Waals surface area contributed by atoms with Crippen LogP contribution in [0.3, 0.4) is 0 Å². The van der Waals surface area contributed by atoms with Crippen LogP contribution in [0.5, 0.6) is 0 Å². The summed E-state index contributed by atoms with van der Waals surface area (Å²) in [5.74, 6) is -0.749. The monoisotopic (exact) mass is 537 g/mol. The fourth-order valence-corrected chi connectivity index (χ4v) is 2.44. The largest absolute Gasteiger partial charge is 0.383 e. The second-order valence-electron chi connectivity index (χ2n) is 5.52. The maximum atomic E-state index is 12.5. The molecular weight excluding hydrogens is 512 g/mol. The maximum Gasteiger partial charge on any atom is 0.243 e. The number of thiocarbonyl (C=S) groups is 1. The van der Waals surface area contributed by atoms with Gasteiger partial charge in [0.25, 0.3) is 0 Å². The minimum Gasteiger partial charge on any atom is -0.383 e. The van der Waals surface area contributed by atoms with E-state index in [2.05, 4.69) is 12.2 Å². The molecule has 0 heterocycles. The van der Waals surface area contributed by atoms with Crippen LogP contribution in [-0.2, 0) is 30.0 Å². The number of nitrogens with zero attached hydrogens (tertiary/aromatic N) is 1. The summed E-state index contributed by atoms with van der Waals surface area (Å²) in [4.78, 5) is 25.7. The first kappa shape index (κ1) is 23.7. The molecule has 0 bridgehead atoms. The molecule has 0 aliphatic heterocycles. The van der Waals surface area contributed by atoms with Crippen LogP contribution in [0.25, 0.3) is 0 Å². The number of likely N-dealkylation sites (N-methyl/N-ethyl adjacent to an activating group) is 1. The first-order valence-electron chi connectivity index (χ1n) is 7.72. The van der Waals surface area contributed by atoms with Crippen LogP contribution in [0, 0.1) is 6.92 Å². The average molecular weight is 537 g/mol. The van der Waals surface area contributed by atoms with Gasteiger partial charge in [-0.05, 0) is 17.5 Å². The molecule has 3 N–H and O–H groups in total. The molecule has 6 nitrogen and oxygen atoms in total. The molecule has 0 unspecified atom stereocenters. The zero-order valence-corrected chi connectivity index (χ0v) is 17.9. The second-order valence-corrected chi connectivity index (χ2v) is 5.96. The van der Waals surface area contributed by atoms with Gasteiger partial charge >= 0.3 is 0 Å². The van der Waals surface area contributed by atoms with Crippen LogP contribution < -0.4 is 10.8 Å². The van der Waals surface area contributed by atoms with Crippen LogP contribution >= 0.6 is 12.2 Å². The van der Waals surface area contributed by atoms with Crippen LogP contribution in [0.2, 0.25) is 0 Å². The predicted octanol–water partition coefficient (Wildman–Crippen LogP) is 1.65. The van der Waals surface area contributed by atoms with Gasteiger partial charge in [-0.3, -0.25) is 14.8 Å². The Labute approximate surface area is 168 Å². The first-order valence-corrected chi connectivity index (χ1v) is 8.13. The van der Waals surface area contributed by atoms with E-state index in [1.54, 1.807) is 11.9 Å². The summed E-state index contributed by atoms with van der Waals surface area (Å²) in [6.45, 7) is 6.42. The SMILES string of the molecule is [CH2-][C@H](C(=S)NC)N(C[C@H](C)c1ccccc1)C(=O)CCC(=O)NO.[Re]. The van der Waals surface area contributed by atoms with E-state index in [1.807, 2.05) is 37.3 Å². The molecule has 0 spiro atoms. The molecule has 0 aliphatic rings. The molecule has 1 radical (unpaired) electrons. The van der Waals surface area contributed by atoms with Gasteiger partial charge in [-0.15, -0.1) is 0 Å². The Morgan fingerprint density at radius 3 is 2.40 bits per heavy atom. The summed E-state index contributed by atoms with van der Waals surface area (Å²) >= 11 is 5.21. The maximum absolute atomic E-state index is 12.5. The van der Waals surface area contributed by atoms with Crippen molar-refractivity contribution in [1.29, 1.82) is 0 Å². The number of carbonyl (C=O) groups excluding carboxylic acids is 2. The van der Waals surface area contributed by atoms with Crippen LogP contribution in [0.4, 0.5) is 0 Å². The molecule has 25 heavy (non-hydrogen) atoms. The van der Waals surface area contributed by atoms with Crippen molar-refractivity contribution < 1.29 is 35.2 Å². The van der Waals surface area contributed by atoms with Gasteiger partial charge in [0.05, 0.1) is 4.99 Å². The van der Waals surface area contributed by atoms with E-state index in [0.717, 1.165) is 5.56 Å². The Kier molecular flexibility index (Phi) is 11.5. The molecule has 0 fully saturated rings. The van der Waals surface area contributed by atoms with Gasteiger partial charge in [0.1, 0.15) is 0 Å². The summed E-state index contributed by atoms with van der Waals surface area (Å²) in [6, 6.07) is 9.31. The van der Waals surface area contributed by atoms with Crippen LogP contribution in [0.15, 0.2) is 30.3 Å². The molecule has 1 aromatic carbocycles. The molecule has 8 heteroatoms. The van der Waals surface area contributed by atoms with Gasteiger partial charge in [0.2, 0.25) is 11.8 Å². The molecule has 0 saturated heterocycles. The standard InChI is InChI=1S/C17H24N3O3S.Re/c1-12(14-7-5-4-6-8-14)11-20(13(2)17(24)18-3)16(22)10-9-15(21)19-23;/h4-8,12-13,23H,2,9-11H2,1,3H3,(H,18,24)(H,19,21);/q-1;/t12-,13+;/m0./s1. The molecule has 2 amide bonds. The van der Waals surface area contributed by atoms with Crippen molar-refractivity contribution in [3.05, 3.63) is 42.8 Å². The Hall–Kier alpha value is -1.33. The van der Waals surface area contributed by atoms with E-state index in [1.165, 1.54) is 5.48 Å². The number of benzene rings is 1. The third-order valence-corrected chi connectivity index (χ3v) is 4.25. The molecule has 0 aromatic heterocycles. The average Bonchev–Trinajstić information content (AvgIpc) is 2.62. The van der Waals surface area contributed by atoms with E-state index in [4.69, 9.17) is 17.4 Å². The van der Waals surface area contributed by atoms with Gasteiger partial charge in [-0.1, -0.05) is 49.5 Å². The Morgan fingerprint density at radius 2 is 1.88 bits per heavy atom. The van der Waals surface area contributed by atoms with Crippen molar-refractivity contribution in [2.75, 3.05) is 13.6 Å². The van der Waals surface area contributed by atoms with Crippen LogP contribution in [0.1, 0.15) is 31.2 Å². The molecule has 0 saturated carbocycles. The van der Waals surface area contributed by atoms with Crippen molar-refractivity contribution in [2.45, 2.75) is 31.7 Å². The van der Waals surface area contributed by atoms with E-state index in [-0.39, 0.29) is 45.1 Å². The van der Waals surface area contributed by atoms with Crippen LogP contribution in [-0.4, -0.2) is 46.5 Å². The van der Waals surface area contributed by atoms with E-state index in [9.17, 15) is 9.59 Å². The minimum absolute atomic E-state index is 0. The zero-order chi connectivity index (χ0) is 18.1.